The number of ether oxygens (including phenoxy) is 1. The Labute approximate surface area is 168 Å². The summed E-state index contributed by atoms with van der Waals surface area (Å²) in [4.78, 5) is 12.0. The average molecular weight is 445 g/mol. The first-order valence-electron chi connectivity index (χ1n) is 8.08. The topological polar surface area (TPSA) is 110 Å². The van der Waals surface area contributed by atoms with Gasteiger partial charge in [0.15, 0.2) is 0 Å². The van der Waals surface area contributed by atoms with Crippen LogP contribution in [0.5, 0.6) is 5.75 Å². The average Bonchev–Trinajstić information content (AvgIpc) is 2.83. The summed E-state index contributed by atoms with van der Waals surface area (Å²) in [7, 11) is -6.72. The van der Waals surface area contributed by atoms with Crippen molar-refractivity contribution in [2.75, 3.05) is 21.9 Å². The molecule has 1 N–H and O–H groups in total. The Morgan fingerprint density at radius 3 is 2.36 bits per heavy atom. The van der Waals surface area contributed by atoms with E-state index in [1.807, 2.05) is 0 Å². The first-order valence-corrected chi connectivity index (χ1v) is 11.6. The maximum absolute atomic E-state index is 12.9. The Balaban J connectivity index is 2.06. The predicted molar refractivity (Wildman–Crippen MR) is 106 cm³/mol. The number of carbonyl (C=O) groups is 1. The van der Waals surface area contributed by atoms with Crippen LogP contribution in [0.3, 0.4) is 0 Å². The van der Waals surface area contributed by atoms with E-state index in [1.165, 1.54) is 50.4 Å². The largest absolute Gasteiger partial charge is 0.495 e. The van der Waals surface area contributed by atoms with Gasteiger partial charge >= 0.3 is 0 Å². The van der Waals surface area contributed by atoms with Crippen LogP contribution in [0.25, 0.3) is 0 Å². The van der Waals surface area contributed by atoms with E-state index in [4.69, 9.17) is 16.3 Å². The molecule has 0 bridgehead atoms. The summed E-state index contributed by atoms with van der Waals surface area (Å²) in [6.45, 7) is 1.50. The Bertz CT molecular complexity index is 1130. The fraction of sp³-hybridized carbons (Fsp3) is 0.235. The molecule has 28 heavy (non-hydrogen) atoms. The SMILES string of the molecule is COc1ccc(N2C(=O)C(C)CS2(=O)=O)cc1S(=O)(=O)Nc1ccc(Cl)cc1. The highest BCUT2D eigenvalue weighted by atomic mass is 35.5. The van der Waals surface area contributed by atoms with E-state index in [0.29, 0.717) is 9.33 Å². The first kappa shape index (κ1) is 20.4. The van der Waals surface area contributed by atoms with E-state index in [2.05, 4.69) is 4.72 Å². The molecule has 3 rings (SSSR count). The molecular formula is C17H17ClN2O6S2. The smallest absolute Gasteiger partial charge is 0.265 e. The zero-order valence-electron chi connectivity index (χ0n) is 14.9. The number of rotatable bonds is 5. The summed E-state index contributed by atoms with van der Waals surface area (Å²) in [6.07, 6.45) is 0. The highest BCUT2D eigenvalue weighted by Crippen LogP contribution is 2.34. The lowest BCUT2D eigenvalue weighted by atomic mass is 10.2. The van der Waals surface area contributed by atoms with Gasteiger partial charge in [-0.15, -0.1) is 0 Å². The number of anilines is 2. The molecule has 0 radical (unpaired) electrons. The number of sulfonamides is 2. The van der Waals surface area contributed by atoms with Crippen molar-refractivity contribution >= 4 is 48.9 Å². The molecule has 0 spiro atoms. The van der Waals surface area contributed by atoms with Crippen molar-refractivity contribution in [1.29, 1.82) is 0 Å². The van der Waals surface area contributed by atoms with Crippen LogP contribution in [0.1, 0.15) is 6.92 Å². The van der Waals surface area contributed by atoms with E-state index >= 15 is 0 Å². The van der Waals surface area contributed by atoms with Crippen molar-refractivity contribution in [2.24, 2.45) is 5.92 Å². The minimum absolute atomic E-state index is 0.00214. The predicted octanol–water partition coefficient (Wildman–Crippen LogP) is 2.46. The van der Waals surface area contributed by atoms with Crippen molar-refractivity contribution in [2.45, 2.75) is 11.8 Å². The highest BCUT2D eigenvalue weighted by Gasteiger charge is 2.42. The van der Waals surface area contributed by atoms with Crippen LogP contribution in [0.2, 0.25) is 5.02 Å². The van der Waals surface area contributed by atoms with Gasteiger partial charge < -0.3 is 4.74 Å². The molecule has 0 aromatic heterocycles. The number of benzene rings is 2. The number of carbonyl (C=O) groups excluding carboxylic acids is 1. The molecule has 1 aliphatic heterocycles. The van der Waals surface area contributed by atoms with Gasteiger partial charge in [-0.2, -0.15) is 0 Å². The lowest BCUT2D eigenvalue weighted by Gasteiger charge is -2.18. The van der Waals surface area contributed by atoms with Crippen LogP contribution in [0, 0.1) is 5.92 Å². The summed E-state index contributed by atoms with van der Waals surface area (Å²) < 4.78 is 58.5. The van der Waals surface area contributed by atoms with Crippen LogP contribution >= 0.6 is 11.6 Å². The zero-order chi connectivity index (χ0) is 20.7. The molecular weight excluding hydrogens is 428 g/mol. The molecule has 1 aliphatic rings. The summed E-state index contributed by atoms with van der Waals surface area (Å²) in [5.74, 6) is -1.65. The van der Waals surface area contributed by atoms with Crippen LogP contribution in [0.4, 0.5) is 11.4 Å². The molecule has 1 atom stereocenters. The number of halogens is 1. The molecule has 1 unspecified atom stereocenters. The minimum Gasteiger partial charge on any atom is -0.495 e. The summed E-state index contributed by atoms with van der Waals surface area (Å²) in [5, 5.41) is 0.439. The van der Waals surface area contributed by atoms with Crippen molar-refractivity contribution in [3.8, 4) is 5.75 Å². The third-order valence-corrected chi connectivity index (χ3v) is 7.65. The summed E-state index contributed by atoms with van der Waals surface area (Å²) in [5.41, 5.74) is 0.196. The third kappa shape index (κ3) is 3.80. The highest BCUT2D eigenvalue weighted by molar-refractivity contribution is 7.94. The first-order chi connectivity index (χ1) is 13.0. The molecule has 1 heterocycles. The van der Waals surface area contributed by atoms with E-state index in [1.54, 1.807) is 0 Å². The number of amides is 1. The van der Waals surface area contributed by atoms with Crippen LogP contribution in [-0.4, -0.2) is 35.6 Å². The number of nitrogens with zero attached hydrogens (tertiary/aromatic N) is 1. The number of hydrogen-bond donors (Lipinski definition) is 1. The van der Waals surface area contributed by atoms with Crippen LogP contribution in [0.15, 0.2) is 47.4 Å². The van der Waals surface area contributed by atoms with Gasteiger partial charge in [-0.25, -0.2) is 21.1 Å². The second kappa shape index (κ2) is 7.26. The van der Waals surface area contributed by atoms with Gasteiger partial charge in [0.25, 0.3) is 10.0 Å². The van der Waals surface area contributed by atoms with Crippen LogP contribution in [-0.2, 0) is 24.8 Å². The Morgan fingerprint density at radius 1 is 1.18 bits per heavy atom. The minimum atomic E-state index is -4.14. The van der Waals surface area contributed by atoms with Gasteiger partial charge in [0, 0.05) is 10.7 Å². The number of hydrogen-bond acceptors (Lipinski definition) is 6. The molecule has 11 heteroatoms. The standard InChI is InChI=1S/C17H17ClN2O6S2/c1-11-10-27(22,23)20(17(11)21)14-7-8-15(26-2)16(9-14)28(24,25)19-13-5-3-12(18)4-6-13/h3-9,11,19H,10H2,1-2H3. The lowest BCUT2D eigenvalue weighted by Crippen LogP contribution is -2.30. The maximum Gasteiger partial charge on any atom is 0.265 e. The normalized spacial score (nSPS) is 18.9. The monoisotopic (exact) mass is 444 g/mol. The quantitative estimate of drug-likeness (QED) is 0.758. The third-order valence-electron chi connectivity index (χ3n) is 4.13. The van der Waals surface area contributed by atoms with Crippen molar-refractivity contribution in [3.63, 3.8) is 0 Å². The van der Waals surface area contributed by atoms with Crippen LogP contribution < -0.4 is 13.8 Å². The second-order valence-corrected chi connectivity index (χ2v) is 10.2. The van der Waals surface area contributed by atoms with E-state index < -0.39 is 31.9 Å². The van der Waals surface area contributed by atoms with Gasteiger partial charge in [-0.1, -0.05) is 18.5 Å². The summed E-state index contributed by atoms with van der Waals surface area (Å²) >= 11 is 5.80. The number of nitrogens with one attached hydrogen (secondary N) is 1. The van der Waals surface area contributed by atoms with Crippen molar-refractivity contribution in [1.82, 2.24) is 0 Å². The molecule has 2 aromatic rings. The van der Waals surface area contributed by atoms with Crippen molar-refractivity contribution in [3.05, 3.63) is 47.5 Å². The van der Waals surface area contributed by atoms with E-state index in [9.17, 15) is 21.6 Å². The molecule has 0 saturated carbocycles. The molecule has 1 fully saturated rings. The second-order valence-electron chi connectivity index (χ2n) is 6.23. The van der Waals surface area contributed by atoms with Gasteiger partial charge in [0.2, 0.25) is 15.9 Å². The van der Waals surface area contributed by atoms with E-state index in [-0.39, 0.29) is 27.8 Å². The zero-order valence-corrected chi connectivity index (χ0v) is 17.3. The fourth-order valence-electron chi connectivity index (χ4n) is 2.82. The summed E-state index contributed by atoms with van der Waals surface area (Å²) in [6, 6.07) is 9.72. The van der Waals surface area contributed by atoms with Gasteiger partial charge in [0.05, 0.1) is 24.5 Å². The van der Waals surface area contributed by atoms with E-state index in [0.717, 1.165) is 6.07 Å². The Hall–Kier alpha value is -2.30. The molecule has 150 valence electrons. The number of methoxy groups -OCH3 is 1. The molecule has 1 saturated heterocycles. The molecule has 2 aromatic carbocycles. The maximum atomic E-state index is 12.9. The molecule has 8 nitrogen and oxygen atoms in total. The fourth-order valence-corrected chi connectivity index (χ4v) is 6.00. The van der Waals surface area contributed by atoms with Crippen molar-refractivity contribution < 1.29 is 26.4 Å². The molecule has 0 aliphatic carbocycles. The lowest BCUT2D eigenvalue weighted by molar-refractivity contribution is -0.119. The van der Waals surface area contributed by atoms with Gasteiger partial charge in [-0.3, -0.25) is 9.52 Å². The Kier molecular flexibility index (Phi) is 5.30. The van der Waals surface area contributed by atoms with Gasteiger partial charge in [0.1, 0.15) is 10.6 Å². The van der Waals surface area contributed by atoms with Gasteiger partial charge in [-0.05, 0) is 42.5 Å². The molecule has 1 amide bonds. The Morgan fingerprint density at radius 2 is 1.82 bits per heavy atom.